The van der Waals surface area contributed by atoms with Crippen molar-refractivity contribution >= 4 is 5.91 Å². The summed E-state index contributed by atoms with van der Waals surface area (Å²) in [6.45, 7) is 4.99. The molecule has 0 N–H and O–H groups in total. The van der Waals surface area contributed by atoms with Gasteiger partial charge in [0.1, 0.15) is 0 Å². The zero-order valence-electron chi connectivity index (χ0n) is 9.45. The Labute approximate surface area is 86.1 Å². The number of carbonyl (C=O) groups excluding carboxylic acids is 1. The second-order valence-corrected chi connectivity index (χ2v) is 3.53. The Kier molecular flexibility index (Phi) is 5.89. The van der Waals surface area contributed by atoms with E-state index in [0.717, 1.165) is 6.54 Å². The maximum atomic E-state index is 11.5. The van der Waals surface area contributed by atoms with Gasteiger partial charge < -0.3 is 4.90 Å². The largest absolute Gasteiger partial charge is 0.345 e. The number of rotatable bonds is 5. The standard InChI is InChI=1S/C10H19N3O/c1-5-12(3)10(14)8-13(4)9(2)6-7-11/h9H,5-6,8H2,1-4H3. The molecule has 4 heteroatoms. The minimum atomic E-state index is 0.0970. The van der Waals surface area contributed by atoms with Crippen LogP contribution in [0.15, 0.2) is 0 Å². The van der Waals surface area contributed by atoms with Gasteiger partial charge in [-0.25, -0.2) is 0 Å². The molecule has 0 heterocycles. The summed E-state index contributed by atoms with van der Waals surface area (Å²) < 4.78 is 0. The van der Waals surface area contributed by atoms with Gasteiger partial charge in [-0.3, -0.25) is 9.69 Å². The lowest BCUT2D eigenvalue weighted by Gasteiger charge is -2.24. The molecule has 0 radical (unpaired) electrons. The van der Waals surface area contributed by atoms with Crippen molar-refractivity contribution in [2.45, 2.75) is 26.3 Å². The Morgan fingerprint density at radius 3 is 2.50 bits per heavy atom. The average molecular weight is 197 g/mol. The molecule has 0 aromatic rings. The molecule has 4 nitrogen and oxygen atoms in total. The number of amides is 1. The summed E-state index contributed by atoms with van der Waals surface area (Å²) >= 11 is 0. The first-order chi connectivity index (χ1) is 6.52. The molecule has 0 fully saturated rings. The van der Waals surface area contributed by atoms with Crippen LogP contribution in [-0.2, 0) is 4.79 Å². The molecular formula is C10H19N3O. The second kappa shape index (κ2) is 6.39. The summed E-state index contributed by atoms with van der Waals surface area (Å²) in [5, 5.41) is 8.50. The molecule has 0 aromatic carbocycles. The van der Waals surface area contributed by atoms with Gasteiger partial charge in [0.15, 0.2) is 0 Å². The Balaban J connectivity index is 4.00. The van der Waals surface area contributed by atoms with Gasteiger partial charge >= 0.3 is 0 Å². The molecule has 0 aliphatic rings. The summed E-state index contributed by atoms with van der Waals surface area (Å²) in [6.07, 6.45) is 0.458. The molecule has 1 atom stereocenters. The first-order valence-electron chi connectivity index (χ1n) is 4.84. The highest BCUT2D eigenvalue weighted by molar-refractivity contribution is 5.77. The summed E-state index contributed by atoms with van der Waals surface area (Å²) in [7, 11) is 3.65. The van der Waals surface area contributed by atoms with Crippen molar-refractivity contribution in [3.05, 3.63) is 0 Å². The summed E-state index contributed by atoms with van der Waals surface area (Å²) in [4.78, 5) is 15.1. The number of likely N-dealkylation sites (N-methyl/N-ethyl adjacent to an activating group) is 2. The van der Waals surface area contributed by atoms with Crippen LogP contribution >= 0.6 is 0 Å². The number of nitrogens with zero attached hydrogens (tertiary/aromatic N) is 3. The first-order valence-corrected chi connectivity index (χ1v) is 4.84. The fourth-order valence-corrected chi connectivity index (χ4v) is 0.954. The molecule has 0 spiro atoms. The van der Waals surface area contributed by atoms with Gasteiger partial charge in [-0.15, -0.1) is 0 Å². The summed E-state index contributed by atoms with van der Waals surface area (Å²) in [5.41, 5.74) is 0. The van der Waals surface area contributed by atoms with Gasteiger partial charge in [0.2, 0.25) is 5.91 Å². The minimum Gasteiger partial charge on any atom is -0.345 e. The van der Waals surface area contributed by atoms with Crippen LogP contribution in [-0.4, -0.2) is 48.9 Å². The fourth-order valence-electron chi connectivity index (χ4n) is 0.954. The molecular weight excluding hydrogens is 178 g/mol. The Hall–Kier alpha value is -1.08. The number of nitriles is 1. The third kappa shape index (κ3) is 4.24. The van der Waals surface area contributed by atoms with Crippen LogP contribution in [0.3, 0.4) is 0 Å². The summed E-state index contributed by atoms with van der Waals surface area (Å²) in [6, 6.07) is 2.23. The lowest BCUT2D eigenvalue weighted by atomic mass is 10.2. The van der Waals surface area contributed by atoms with E-state index < -0.39 is 0 Å². The van der Waals surface area contributed by atoms with Crippen LogP contribution in [0.4, 0.5) is 0 Å². The molecule has 0 aliphatic heterocycles. The highest BCUT2D eigenvalue weighted by atomic mass is 16.2. The smallest absolute Gasteiger partial charge is 0.236 e. The molecule has 0 aliphatic carbocycles. The van der Waals surface area contributed by atoms with Crippen molar-refractivity contribution in [3.63, 3.8) is 0 Å². The van der Waals surface area contributed by atoms with E-state index in [1.807, 2.05) is 25.8 Å². The molecule has 14 heavy (non-hydrogen) atoms. The van der Waals surface area contributed by atoms with E-state index >= 15 is 0 Å². The van der Waals surface area contributed by atoms with Crippen molar-refractivity contribution in [1.82, 2.24) is 9.80 Å². The van der Waals surface area contributed by atoms with Crippen molar-refractivity contribution < 1.29 is 4.79 Å². The maximum absolute atomic E-state index is 11.5. The SMILES string of the molecule is CCN(C)C(=O)CN(C)C(C)CC#N. The third-order valence-corrected chi connectivity index (χ3v) is 2.42. The van der Waals surface area contributed by atoms with Crippen LogP contribution in [0, 0.1) is 11.3 Å². The van der Waals surface area contributed by atoms with Crippen LogP contribution in [0.25, 0.3) is 0 Å². The first kappa shape index (κ1) is 12.9. The van der Waals surface area contributed by atoms with E-state index in [1.54, 1.807) is 11.9 Å². The van der Waals surface area contributed by atoms with Crippen molar-refractivity contribution in [2.24, 2.45) is 0 Å². The lowest BCUT2D eigenvalue weighted by Crippen LogP contribution is -2.40. The zero-order chi connectivity index (χ0) is 11.1. The molecule has 1 amide bonds. The quantitative estimate of drug-likeness (QED) is 0.651. The fraction of sp³-hybridized carbons (Fsp3) is 0.800. The van der Waals surface area contributed by atoms with Crippen LogP contribution < -0.4 is 0 Å². The van der Waals surface area contributed by atoms with Crippen LogP contribution in [0.1, 0.15) is 20.3 Å². The van der Waals surface area contributed by atoms with E-state index in [4.69, 9.17) is 5.26 Å². The normalized spacial score (nSPS) is 12.3. The van der Waals surface area contributed by atoms with E-state index in [9.17, 15) is 4.79 Å². The number of carbonyl (C=O) groups is 1. The van der Waals surface area contributed by atoms with Gasteiger partial charge in [-0.2, -0.15) is 5.26 Å². The monoisotopic (exact) mass is 197 g/mol. The van der Waals surface area contributed by atoms with Gasteiger partial charge in [0.05, 0.1) is 19.0 Å². The van der Waals surface area contributed by atoms with Gasteiger partial charge in [0.25, 0.3) is 0 Å². The second-order valence-electron chi connectivity index (χ2n) is 3.53. The maximum Gasteiger partial charge on any atom is 0.236 e. The highest BCUT2D eigenvalue weighted by Gasteiger charge is 2.14. The van der Waals surface area contributed by atoms with Crippen LogP contribution in [0.2, 0.25) is 0 Å². The highest BCUT2D eigenvalue weighted by Crippen LogP contribution is 2.00. The van der Waals surface area contributed by atoms with Gasteiger partial charge in [0, 0.05) is 19.6 Å². The Bertz CT molecular complexity index is 222. The molecule has 0 saturated heterocycles. The molecule has 0 saturated carbocycles. The van der Waals surface area contributed by atoms with Crippen molar-refractivity contribution in [2.75, 3.05) is 27.2 Å². The Morgan fingerprint density at radius 2 is 2.07 bits per heavy atom. The van der Waals surface area contributed by atoms with Crippen molar-refractivity contribution in [1.29, 1.82) is 5.26 Å². The van der Waals surface area contributed by atoms with E-state index in [1.165, 1.54) is 0 Å². The van der Waals surface area contributed by atoms with Crippen molar-refractivity contribution in [3.8, 4) is 6.07 Å². The van der Waals surface area contributed by atoms with Gasteiger partial charge in [-0.1, -0.05) is 0 Å². The van der Waals surface area contributed by atoms with E-state index in [-0.39, 0.29) is 11.9 Å². The predicted octanol–water partition coefficient (Wildman–Crippen LogP) is 0.699. The Morgan fingerprint density at radius 1 is 1.50 bits per heavy atom. The third-order valence-electron chi connectivity index (χ3n) is 2.42. The molecule has 80 valence electrons. The zero-order valence-corrected chi connectivity index (χ0v) is 9.45. The summed E-state index contributed by atoms with van der Waals surface area (Å²) in [5.74, 6) is 0.0970. The number of hydrogen-bond acceptors (Lipinski definition) is 3. The number of hydrogen-bond donors (Lipinski definition) is 0. The van der Waals surface area contributed by atoms with E-state index in [0.29, 0.717) is 13.0 Å². The van der Waals surface area contributed by atoms with Gasteiger partial charge in [-0.05, 0) is 20.9 Å². The molecule has 0 bridgehead atoms. The molecule has 0 rings (SSSR count). The van der Waals surface area contributed by atoms with E-state index in [2.05, 4.69) is 6.07 Å². The average Bonchev–Trinajstić information content (AvgIpc) is 2.16. The molecule has 1 unspecified atom stereocenters. The molecule has 0 aromatic heterocycles. The van der Waals surface area contributed by atoms with Crippen LogP contribution in [0.5, 0.6) is 0 Å². The topological polar surface area (TPSA) is 47.3 Å². The lowest BCUT2D eigenvalue weighted by molar-refractivity contribution is -0.131. The predicted molar refractivity (Wildman–Crippen MR) is 55.6 cm³/mol. The minimum absolute atomic E-state index is 0.0970.